The van der Waals surface area contributed by atoms with E-state index in [1.807, 2.05) is 12.1 Å². The van der Waals surface area contributed by atoms with Crippen molar-refractivity contribution in [2.75, 3.05) is 26.7 Å². The van der Waals surface area contributed by atoms with Crippen LogP contribution in [0.25, 0.3) is 0 Å². The van der Waals surface area contributed by atoms with Crippen LogP contribution < -0.4 is 10.1 Å². The minimum atomic E-state index is 0.0482. The van der Waals surface area contributed by atoms with Gasteiger partial charge in [-0.3, -0.25) is 9.69 Å². The number of hydrogen-bond acceptors (Lipinski definition) is 3. The Balaban J connectivity index is 2.00. The van der Waals surface area contributed by atoms with Crippen molar-refractivity contribution < 1.29 is 9.53 Å². The quantitative estimate of drug-likeness (QED) is 0.904. The lowest BCUT2D eigenvalue weighted by Gasteiger charge is -2.37. The van der Waals surface area contributed by atoms with Crippen LogP contribution in [0.4, 0.5) is 0 Å². The van der Waals surface area contributed by atoms with Crippen LogP contribution in [0.1, 0.15) is 38.3 Å². The average Bonchev–Trinajstić information content (AvgIpc) is 2.52. The summed E-state index contributed by atoms with van der Waals surface area (Å²) in [6.07, 6.45) is 2.34. The van der Waals surface area contributed by atoms with Crippen molar-refractivity contribution in [2.45, 2.75) is 32.7 Å². The molecule has 0 radical (unpaired) electrons. The molecule has 1 amide bonds. The van der Waals surface area contributed by atoms with E-state index in [2.05, 4.69) is 23.2 Å². The van der Waals surface area contributed by atoms with Crippen LogP contribution in [0.5, 0.6) is 5.75 Å². The zero-order valence-corrected chi connectivity index (χ0v) is 14.3. The number of nitrogens with zero attached hydrogens (tertiary/aromatic N) is 1. The monoisotopic (exact) mass is 324 g/mol. The molecule has 0 aliphatic carbocycles. The molecular weight excluding hydrogens is 300 g/mol. The first-order valence-corrected chi connectivity index (χ1v) is 8.21. The van der Waals surface area contributed by atoms with E-state index < -0.39 is 0 Å². The summed E-state index contributed by atoms with van der Waals surface area (Å²) in [4.78, 5) is 13.5. The summed E-state index contributed by atoms with van der Waals surface area (Å²) >= 11 is 6.23. The Kier molecular flexibility index (Phi) is 6.09. The number of benzene rings is 1. The number of halogens is 1. The maximum absolute atomic E-state index is 11.1. The van der Waals surface area contributed by atoms with Gasteiger partial charge in [0.1, 0.15) is 5.75 Å². The van der Waals surface area contributed by atoms with E-state index >= 15 is 0 Å². The molecule has 1 aromatic carbocycles. The predicted molar refractivity (Wildman–Crippen MR) is 89.4 cm³/mol. The Morgan fingerprint density at radius 1 is 1.55 bits per heavy atom. The number of nitrogens with one attached hydrogen (secondary N) is 1. The van der Waals surface area contributed by atoms with Crippen LogP contribution >= 0.6 is 11.6 Å². The largest absolute Gasteiger partial charge is 0.495 e. The maximum atomic E-state index is 11.1. The molecule has 1 N–H and O–H groups in total. The van der Waals surface area contributed by atoms with Gasteiger partial charge in [-0.05, 0) is 49.9 Å². The van der Waals surface area contributed by atoms with Crippen molar-refractivity contribution in [2.24, 2.45) is 5.92 Å². The SMILES string of the molecule is COc1ccc([C@@H](C)N2CCC[C@@H](CNC(C)=O)C2)cc1Cl. The van der Waals surface area contributed by atoms with Gasteiger partial charge in [0.2, 0.25) is 5.91 Å². The highest BCUT2D eigenvalue weighted by Gasteiger charge is 2.24. The van der Waals surface area contributed by atoms with E-state index in [0.29, 0.717) is 22.7 Å². The average molecular weight is 325 g/mol. The molecule has 1 aliphatic rings. The second-order valence-corrected chi connectivity index (χ2v) is 6.42. The van der Waals surface area contributed by atoms with Crippen LogP contribution in [0.2, 0.25) is 5.02 Å². The second-order valence-electron chi connectivity index (χ2n) is 6.01. The zero-order chi connectivity index (χ0) is 16.1. The Morgan fingerprint density at radius 2 is 2.32 bits per heavy atom. The van der Waals surface area contributed by atoms with Gasteiger partial charge < -0.3 is 10.1 Å². The summed E-state index contributed by atoms with van der Waals surface area (Å²) in [7, 11) is 1.63. The molecule has 122 valence electrons. The Morgan fingerprint density at radius 3 is 2.95 bits per heavy atom. The molecular formula is C17H25ClN2O2. The van der Waals surface area contributed by atoms with E-state index in [4.69, 9.17) is 16.3 Å². The summed E-state index contributed by atoms with van der Waals surface area (Å²) in [6, 6.07) is 6.30. The number of rotatable bonds is 5. The molecule has 2 atom stereocenters. The van der Waals surface area contributed by atoms with Crippen LogP contribution in [0.3, 0.4) is 0 Å². The molecule has 4 nitrogen and oxygen atoms in total. The minimum absolute atomic E-state index is 0.0482. The minimum Gasteiger partial charge on any atom is -0.495 e. The highest BCUT2D eigenvalue weighted by atomic mass is 35.5. The first-order valence-electron chi connectivity index (χ1n) is 7.83. The van der Waals surface area contributed by atoms with E-state index in [9.17, 15) is 4.79 Å². The van der Waals surface area contributed by atoms with E-state index in [1.54, 1.807) is 14.0 Å². The molecule has 22 heavy (non-hydrogen) atoms. The lowest BCUT2D eigenvalue weighted by Crippen LogP contribution is -2.41. The lowest BCUT2D eigenvalue weighted by atomic mass is 9.95. The summed E-state index contributed by atoms with van der Waals surface area (Å²) < 4.78 is 5.21. The van der Waals surface area contributed by atoms with E-state index in [0.717, 1.165) is 19.6 Å². The van der Waals surface area contributed by atoms with Crippen LogP contribution in [0, 0.1) is 5.92 Å². The Hall–Kier alpha value is -1.26. The van der Waals surface area contributed by atoms with Gasteiger partial charge in [-0.1, -0.05) is 17.7 Å². The Labute approximate surface area is 137 Å². The van der Waals surface area contributed by atoms with Crippen molar-refractivity contribution in [3.8, 4) is 5.75 Å². The van der Waals surface area contributed by atoms with Gasteiger partial charge in [0.15, 0.2) is 0 Å². The third-order valence-corrected chi connectivity index (χ3v) is 4.69. The summed E-state index contributed by atoms with van der Waals surface area (Å²) in [5.74, 6) is 1.28. The molecule has 1 fully saturated rings. The molecule has 1 heterocycles. The van der Waals surface area contributed by atoms with Gasteiger partial charge in [0.05, 0.1) is 12.1 Å². The number of amides is 1. The predicted octanol–water partition coefficient (Wildman–Crippen LogP) is 3.26. The van der Waals surface area contributed by atoms with Gasteiger partial charge in [0.25, 0.3) is 0 Å². The zero-order valence-electron chi connectivity index (χ0n) is 13.6. The number of piperidine rings is 1. The van der Waals surface area contributed by atoms with Crippen molar-refractivity contribution in [1.82, 2.24) is 10.2 Å². The molecule has 0 bridgehead atoms. The highest BCUT2D eigenvalue weighted by molar-refractivity contribution is 6.32. The molecule has 5 heteroatoms. The van der Waals surface area contributed by atoms with Gasteiger partial charge >= 0.3 is 0 Å². The topological polar surface area (TPSA) is 41.6 Å². The summed E-state index contributed by atoms with van der Waals surface area (Å²) in [6.45, 7) is 6.63. The summed E-state index contributed by atoms with van der Waals surface area (Å²) in [5, 5.41) is 3.59. The summed E-state index contributed by atoms with van der Waals surface area (Å²) in [5.41, 5.74) is 1.20. The molecule has 0 saturated carbocycles. The fourth-order valence-corrected chi connectivity index (χ4v) is 3.32. The lowest BCUT2D eigenvalue weighted by molar-refractivity contribution is -0.119. The molecule has 0 unspecified atom stereocenters. The number of carbonyl (C=O) groups is 1. The van der Waals surface area contributed by atoms with E-state index in [1.165, 1.54) is 18.4 Å². The normalized spacial score (nSPS) is 20.5. The molecule has 1 aromatic rings. The molecule has 0 aromatic heterocycles. The van der Waals surface area contributed by atoms with Gasteiger partial charge in [-0.2, -0.15) is 0 Å². The van der Waals surface area contributed by atoms with Gasteiger partial charge in [-0.25, -0.2) is 0 Å². The number of carbonyl (C=O) groups excluding carboxylic acids is 1. The van der Waals surface area contributed by atoms with Crippen molar-refractivity contribution in [3.63, 3.8) is 0 Å². The number of hydrogen-bond donors (Lipinski definition) is 1. The van der Waals surface area contributed by atoms with Crippen molar-refractivity contribution in [3.05, 3.63) is 28.8 Å². The molecule has 1 saturated heterocycles. The number of likely N-dealkylation sites (tertiary alicyclic amines) is 1. The van der Waals surface area contributed by atoms with Crippen LogP contribution in [0.15, 0.2) is 18.2 Å². The number of methoxy groups -OCH3 is 1. The third kappa shape index (κ3) is 4.37. The van der Waals surface area contributed by atoms with Gasteiger partial charge in [0, 0.05) is 26.1 Å². The Bertz CT molecular complexity index is 521. The first kappa shape index (κ1) is 17.1. The fraction of sp³-hybridized carbons (Fsp3) is 0.588. The fourth-order valence-electron chi connectivity index (χ4n) is 3.06. The standard InChI is InChI=1S/C17H25ClN2O2/c1-12(15-6-7-17(22-3)16(18)9-15)20-8-4-5-14(11-20)10-19-13(2)21/h6-7,9,12,14H,4-5,8,10-11H2,1-3H3,(H,19,21)/t12-,14+/m1/s1. The van der Waals surface area contributed by atoms with Crippen LogP contribution in [-0.4, -0.2) is 37.6 Å². The second kappa shape index (κ2) is 7.84. The molecule has 2 rings (SSSR count). The number of ether oxygens (including phenoxy) is 1. The first-order chi connectivity index (χ1) is 10.5. The molecule has 0 spiro atoms. The third-order valence-electron chi connectivity index (χ3n) is 4.40. The van der Waals surface area contributed by atoms with Crippen molar-refractivity contribution in [1.29, 1.82) is 0 Å². The van der Waals surface area contributed by atoms with Crippen molar-refractivity contribution >= 4 is 17.5 Å². The molecule has 1 aliphatic heterocycles. The van der Waals surface area contributed by atoms with Gasteiger partial charge in [-0.15, -0.1) is 0 Å². The van der Waals surface area contributed by atoms with Crippen LogP contribution in [-0.2, 0) is 4.79 Å². The highest BCUT2D eigenvalue weighted by Crippen LogP contribution is 2.31. The maximum Gasteiger partial charge on any atom is 0.216 e. The van der Waals surface area contributed by atoms with E-state index in [-0.39, 0.29) is 5.91 Å². The smallest absolute Gasteiger partial charge is 0.216 e.